The number of pyridine rings is 1. The third-order valence-corrected chi connectivity index (χ3v) is 5.30. The molecular formula is C24H20NO4+. The maximum atomic E-state index is 10.2. The molecule has 1 N–H and O–H groups in total. The number of hydrogen-bond donors (Lipinski definition) is 1. The molecule has 0 atom stereocenters. The summed E-state index contributed by atoms with van der Waals surface area (Å²) in [7, 11) is 3.22. The van der Waals surface area contributed by atoms with Crippen molar-refractivity contribution in [1.29, 1.82) is 0 Å². The molecule has 0 unspecified atom stereocenters. The highest BCUT2D eigenvalue weighted by molar-refractivity contribution is 6.05. The number of nitrogens with zero attached hydrogens (tertiary/aromatic N) is 1. The van der Waals surface area contributed by atoms with Gasteiger partial charge in [-0.3, -0.25) is 5.21 Å². The normalized spacial score (nSPS) is 11.4. The summed E-state index contributed by atoms with van der Waals surface area (Å²) in [4.78, 5) is 0. The molecule has 0 aliphatic rings. The molecule has 0 bridgehead atoms. The van der Waals surface area contributed by atoms with Crippen molar-refractivity contribution in [1.82, 2.24) is 0 Å². The first-order valence-corrected chi connectivity index (χ1v) is 9.35. The number of rotatable bonds is 4. The van der Waals surface area contributed by atoms with Crippen LogP contribution in [0.15, 0.2) is 71.4 Å². The number of fused-ring (bicyclic) bond motifs is 4. The summed E-state index contributed by atoms with van der Waals surface area (Å²) >= 11 is 0. The fraction of sp³-hybridized carbons (Fsp3) is 0.125. The summed E-state index contributed by atoms with van der Waals surface area (Å²) in [5.74, 6) is 1.29. The molecule has 29 heavy (non-hydrogen) atoms. The van der Waals surface area contributed by atoms with E-state index in [0.717, 1.165) is 48.6 Å². The summed E-state index contributed by atoms with van der Waals surface area (Å²) < 4.78 is 17.9. The van der Waals surface area contributed by atoms with Crippen LogP contribution in [-0.2, 0) is 6.42 Å². The quantitative estimate of drug-likeness (QED) is 0.354. The third kappa shape index (κ3) is 2.91. The van der Waals surface area contributed by atoms with E-state index in [1.54, 1.807) is 26.6 Å². The summed E-state index contributed by atoms with van der Waals surface area (Å²) in [6.07, 6.45) is 4.04. The molecule has 0 radical (unpaired) electrons. The van der Waals surface area contributed by atoms with E-state index in [2.05, 4.69) is 18.2 Å². The molecule has 0 aliphatic carbocycles. The number of aromatic nitrogens is 1. The molecule has 144 valence electrons. The molecule has 3 aromatic carbocycles. The zero-order valence-corrected chi connectivity index (χ0v) is 16.2. The van der Waals surface area contributed by atoms with Gasteiger partial charge in [-0.15, -0.1) is 0 Å². The number of hydrogen-bond acceptors (Lipinski definition) is 4. The van der Waals surface area contributed by atoms with E-state index < -0.39 is 0 Å². The minimum absolute atomic E-state index is 0.628. The van der Waals surface area contributed by atoms with Crippen LogP contribution >= 0.6 is 0 Å². The highest BCUT2D eigenvalue weighted by Crippen LogP contribution is 2.34. The minimum atomic E-state index is 0.628. The third-order valence-electron chi connectivity index (χ3n) is 5.30. The average molecular weight is 386 g/mol. The monoisotopic (exact) mass is 386 g/mol. The predicted octanol–water partition coefficient (Wildman–Crippen LogP) is 4.87. The lowest BCUT2D eigenvalue weighted by molar-refractivity contribution is -0.904. The Kier molecular flexibility index (Phi) is 4.02. The van der Waals surface area contributed by atoms with Crippen LogP contribution in [0.1, 0.15) is 11.1 Å². The van der Waals surface area contributed by atoms with E-state index in [4.69, 9.17) is 13.9 Å². The summed E-state index contributed by atoms with van der Waals surface area (Å²) in [6.45, 7) is 0. The van der Waals surface area contributed by atoms with Gasteiger partial charge >= 0.3 is 0 Å². The van der Waals surface area contributed by atoms with Gasteiger partial charge in [0.25, 0.3) is 0 Å². The van der Waals surface area contributed by atoms with E-state index in [1.807, 2.05) is 36.4 Å². The van der Waals surface area contributed by atoms with Crippen LogP contribution in [0, 0.1) is 0 Å². The molecule has 5 rings (SSSR count). The van der Waals surface area contributed by atoms with Gasteiger partial charge in [0.2, 0.25) is 12.4 Å². The van der Waals surface area contributed by atoms with E-state index in [9.17, 15) is 5.21 Å². The van der Waals surface area contributed by atoms with Gasteiger partial charge in [0.1, 0.15) is 11.2 Å². The molecule has 0 spiro atoms. The second-order valence-electron chi connectivity index (χ2n) is 7.06. The Morgan fingerprint density at radius 3 is 2.41 bits per heavy atom. The number of para-hydroxylation sites is 1. The van der Waals surface area contributed by atoms with Gasteiger partial charge in [0, 0.05) is 32.9 Å². The number of methoxy groups -OCH3 is 2. The van der Waals surface area contributed by atoms with Gasteiger partial charge in [-0.05, 0) is 35.9 Å². The molecule has 0 saturated heterocycles. The molecule has 2 aromatic heterocycles. The van der Waals surface area contributed by atoms with Crippen LogP contribution in [0.5, 0.6) is 11.5 Å². The minimum Gasteiger partial charge on any atom is -0.493 e. The van der Waals surface area contributed by atoms with Crippen LogP contribution < -0.4 is 14.2 Å². The largest absolute Gasteiger partial charge is 0.493 e. The van der Waals surface area contributed by atoms with E-state index in [-0.39, 0.29) is 0 Å². The standard InChI is InChI=1S/C24H20NO4/c1-27-23-11-17-14-25(26)13-16(19(17)12-24(23)28-2)9-15-7-8-22-20(10-15)18-5-3-4-6-21(18)29-22/h3-8,10-14,26H,9H2,1-2H3/q+1. The van der Waals surface area contributed by atoms with Crippen LogP contribution in [0.4, 0.5) is 0 Å². The molecule has 5 nitrogen and oxygen atoms in total. The number of ether oxygens (including phenoxy) is 2. The first-order valence-electron chi connectivity index (χ1n) is 9.35. The first kappa shape index (κ1) is 17.4. The van der Waals surface area contributed by atoms with Gasteiger partial charge in [0.05, 0.1) is 19.6 Å². The van der Waals surface area contributed by atoms with E-state index in [0.29, 0.717) is 17.9 Å². The lowest BCUT2D eigenvalue weighted by atomic mass is 9.99. The van der Waals surface area contributed by atoms with Crippen molar-refractivity contribution in [2.45, 2.75) is 6.42 Å². The van der Waals surface area contributed by atoms with Gasteiger partial charge in [-0.25, -0.2) is 0 Å². The highest BCUT2D eigenvalue weighted by atomic mass is 16.5. The van der Waals surface area contributed by atoms with Crippen molar-refractivity contribution in [3.05, 3.63) is 78.1 Å². The first-order chi connectivity index (χ1) is 14.2. The van der Waals surface area contributed by atoms with Gasteiger partial charge in [-0.1, -0.05) is 24.3 Å². The lowest BCUT2D eigenvalue weighted by Crippen LogP contribution is -2.29. The van der Waals surface area contributed by atoms with Crippen molar-refractivity contribution < 1.29 is 23.8 Å². The Balaban J connectivity index is 1.65. The Morgan fingerprint density at radius 2 is 1.59 bits per heavy atom. The summed E-state index contributed by atoms with van der Waals surface area (Å²) in [6, 6.07) is 18.1. The zero-order chi connectivity index (χ0) is 20.0. The predicted molar refractivity (Wildman–Crippen MR) is 111 cm³/mol. The molecule has 0 aliphatic heterocycles. The van der Waals surface area contributed by atoms with E-state index in [1.165, 1.54) is 0 Å². The van der Waals surface area contributed by atoms with Crippen molar-refractivity contribution in [3.8, 4) is 11.5 Å². The number of furan rings is 1. The SMILES string of the molecule is COc1cc2c[n+](O)cc(Cc3ccc4oc5ccccc5c4c3)c2cc1OC. The van der Waals surface area contributed by atoms with Crippen LogP contribution in [0.2, 0.25) is 0 Å². The van der Waals surface area contributed by atoms with Gasteiger partial charge in [0.15, 0.2) is 11.5 Å². The molecule has 2 heterocycles. The molecule has 5 heteroatoms. The fourth-order valence-corrected chi connectivity index (χ4v) is 3.93. The van der Waals surface area contributed by atoms with Crippen molar-refractivity contribution in [3.63, 3.8) is 0 Å². The van der Waals surface area contributed by atoms with Crippen molar-refractivity contribution in [2.24, 2.45) is 0 Å². The second-order valence-corrected chi connectivity index (χ2v) is 7.06. The van der Waals surface area contributed by atoms with Crippen LogP contribution in [0.25, 0.3) is 32.7 Å². The Labute approximate surface area is 167 Å². The summed E-state index contributed by atoms with van der Waals surface area (Å²) in [5, 5.41) is 14.3. The Morgan fingerprint density at radius 1 is 0.828 bits per heavy atom. The molecular weight excluding hydrogens is 366 g/mol. The molecule has 0 saturated carbocycles. The smallest absolute Gasteiger partial charge is 0.230 e. The molecule has 0 amide bonds. The van der Waals surface area contributed by atoms with E-state index >= 15 is 0 Å². The van der Waals surface area contributed by atoms with Crippen LogP contribution in [0.3, 0.4) is 0 Å². The maximum absolute atomic E-state index is 10.2. The van der Waals surface area contributed by atoms with Crippen molar-refractivity contribution >= 4 is 32.7 Å². The second kappa shape index (κ2) is 6.71. The lowest BCUT2D eigenvalue weighted by Gasteiger charge is -2.10. The average Bonchev–Trinajstić information content (AvgIpc) is 3.10. The van der Waals surface area contributed by atoms with Gasteiger partial charge < -0.3 is 13.9 Å². The van der Waals surface area contributed by atoms with Gasteiger partial charge in [-0.2, -0.15) is 0 Å². The molecule has 0 fully saturated rings. The van der Waals surface area contributed by atoms with Crippen molar-refractivity contribution in [2.75, 3.05) is 14.2 Å². The Hall–Kier alpha value is -3.73. The van der Waals surface area contributed by atoms with Crippen LogP contribution in [-0.4, -0.2) is 19.4 Å². The summed E-state index contributed by atoms with van der Waals surface area (Å²) in [5.41, 5.74) is 3.87. The topological polar surface area (TPSA) is 55.7 Å². The zero-order valence-electron chi connectivity index (χ0n) is 16.2. The Bertz CT molecular complexity index is 1370. The fourth-order valence-electron chi connectivity index (χ4n) is 3.93. The maximum Gasteiger partial charge on any atom is 0.230 e. The number of benzene rings is 3. The molecule has 5 aromatic rings. The highest BCUT2D eigenvalue weighted by Gasteiger charge is 2.16.